The van der Waals surface area contributed by atoms with Crippen LogP contribution in [-0.4, -0.2) is 39.0 Å². The second-order valence-corrected chi connectivity index (χ2v) is 10.2. The van der Waals surface area contributed by atoms with Crippen LogP contribution in [0.5, 0.6) is 0 Å². The Balaban J connectivity index is 1.36. The highest BCUT2D eigenvalue weighted by atomic mass is 19.4. The van der Waals surface area contributed by atoms with E-state index in [1.807, 2.05) is 23.7 Å². The lowest BCUT2D eigenvalue weighted by Gasteiger charge is -2.42. The number of anilines is 1. The monoisotopic (exact) mass is 534 g/mol. The molecule has 1 N–H and O–H groups in total. The van der Waals surface area contributed by atoms with E-state index in [2.05, 4.69) is 10.2 Å². The Morgan fingerprint density at radius 3 is 2.46 bits per heavy atom. The highest BCUT2D eigenvalue weighted by Crippen LogP contribution is 2.42. The summed E-state index contributed by atoms with van der Waals surface area (Å²) in [5.41, 5.74) is 0.426. The topological polar surface area (TPSA) is 80.5 Å². The van der Waals surface area contributed by atoms with Gasteiger partial charge in [0.25, 0.3) is 5.91 Å². The number of aliphatic hydroxyl groups excluding tert-OH is 1. The van der Waals surface area contributed by atoms with Gasteiger partial charge in [-0.1, -0.05) is 42.5 Å². The summed E-state index contributed by atoms with van der Waals surface area (Å²) in [4.78, 5) is 14.9. The summed E-state index contributed by atoms with van der Waals surface area (Å²) in [7, 11) is 1.86. The number of benzene rings is 3. The van der Waals surface area contributed by atoms with Gasteiger partial charge in [0.05, 0.1) is 25.3 Å². The fraction of sp³-hybridized carbons (Fsp3) is 0.276. The number of amides is 1. The van der Waals surface area contributed by atoms with Crippen molar-refractivity contribution in [2.45, 2.75) is 30.7 Å². The van der Waals surface area contributed by atoms with Gasteiger partial charge in [-0.15, -0.1) is 10.2 Å². The first-order valence-electron chi connectivity index (χ1n) is 12.5. The Hall–Kier alpha value is -4.02. The van der Waals surface area contributed by atoms with Crippen molar-refractivity contribution in [1.29, 1.82) is 0 Å². The first kappa shape index (κ1) is 25.3. The van der Waals surface area contributed by atoms with E-state index in [0.717, 1.165) is 17.5 Å². The molecule has 1 atom stereocenters. The minimum Gasteiger partial charge on any atom is -0.384 e. The minimum absolute atomic E-state index is 0.0190. The Labute approximate surface area is 222 Å². The van der Waals surface area contributed by atoms with Crippen LogP contribution in [0.1, 0.15) is 50.1 Å². The summed E-state index contributed by atoms with van der Waals surface area (Å²) in [5.74, 6) is 0.245. The number of alkyl halides is 3. The van der Waals surface area contributed by atoms with Crippen molar-refractivity contribution in [2.24, 2.45) is 7.05 Å². The van der Waals surface area contributed by atoms with Gasteiger partial charge in [0, 0.05) is 30.1 Å². The molecule has 1 unspecified atom stereocenters. The highest BCUT2D eigenvalue weighted by molar-refractivity contribution is 6.10. The predicted molar refractivity (Wildman–Crippen MR) is 136 cm³/mol. The van der Waals surface area contributed by atoms with Crippen molar-refractivity contribution in [1.82, 2.24) is 14.8 Å². The standard InChI is InChI=1S/C29H25F3N4O3/c1-35-17-33-34-25(35)13-28(15-39-16-28)20-8-5-9-21(12-20)36-14-23-22(27(36)38)10-19(11-24(23)29(30,31)32)26(37)18-6-3-2-4-7-18/h2-12,17,26,37H,13-16H2,1H3. The number of rotatable bonds is 6. The normalized spacial score (nSPS) is 17.2. The smallest absolute Gasteiger partial charge is 0.384 e. The molecule has 1 aromatic heterocycles. The number of halogens is 3. The van der Waals surface area contributed by atoms with Gasteiger partial charge in [-0.3, -0.25) is 4.79 Å². The van der Waals surface area contributed by atoms with E-state index in [0.29, 0.717) is 30.9 Å². The molecule has 7 nitrogen and oxygen atoms in total. The van der Waals surface area contributed by atoms with Crippen molar-refractivity contribution in [3.05, 3.63) is 112 Å². The van der Waals surface area contributed by atoms with Crippen LogP contribution < -0.4 is 4.90 Å². The van der Waals surface area contributed by atoms with E-state index in [9.17, 15) is 23.1 Å². The summed E-state index contributed by atoms with van der Waals surface area (Å²) >= 11 is 0. The molecule has 10 heteroatoms. The van der Waals surface area contributed by atoms with Crippen LogP contribution in [0.25, 0.3) is 0 Å². The number of carbonyl (C=O) groups excluding carboxylic acids is 1. The van der Waals surface area contributed by atoms with Crippen molar-refractivity contribution in [2.75, 3.05) is 18.1 Å². The Kier molecular flexibility index (Phi) is 6.04. The average molecular weight is 535 g/mol. The number of aliphatic hydroxyl groups is 1. The zero-order valence-electron chi connectivity index (χ0n) is 21.0. The van der Waals surface area contributed by atoms with Gasteiger partial charge < -0.3 is 19.3 Å². The van der Waals surface area contributed by atoms with Crippen LogP contribution >= 0.6 is 0 Å². The van der Waals surface area contributed by atoms with Gasteiger partial charge in [0.2, 0.25) is 0 Å². The lowest BCUT2D eigenvalue weighted by molar-refractivity contribution is -0.138. The molecular weight excluding hydrogens is 509 g/mol. The SMILES string of the molecule is Cn1cnnc1CC1(c2cccc(N3Cc4c(cc(C(O)c5ccccc5)cc4C(F)(F)F)C3=O)c2)COC1. The summed E-state index contributed by atoms with van der Waals surface area (Å²) in [6, 6.07) is 18.0. The molecule has 0 spiro atoms. The number of fused-ring (bicyclic) bond motifs is 1. The molecule has 2 aliphatic heterocycles. The lowest BCUT2D eigenvalue weighted by atomic mass is 9.75. The molecule has 0 saturated carbocycles. The molecule has 200 valence electrons. The predicted octanol–water partition coefficient (Wildman–Crippen LogP) is 4.59. The van der Waals surface area contributed by atoms with Crippen LogP contribution in [0, 0.1) is 0 Å². The van der Waals surface area contributed by atoms with Crippen LogP contribution in [0.15, 0.2) is 73.1 Å². The molecule has 3 heterocycles. The van der Waals surface area contributed by atoms with Gasteiger partial charge in [0.1, 0.15) is 18.3 Å². The molecule has 39 heavy (non-hydrogen) atoms. The number of aryl methyl sites for hydroxylation is 1. The van der Waals surface area contributed by atoms with Gasteiger partial charge in [0.15, 0.2) is 0 Å². The van der Waals surface area contributed by atoms with Crippen molar-refractivity contribution >= 4 is 11.6 Å². The van der Waals surface area contributed by atoms with Crippen molar-refractivity contribution in [3.8, 4) is 0 Å². The van der Waals surface area contributed by atoms with Gasteiger partial charge in [-0.25, -0.2) is 0 Å². The maximum atomic E-state index is 14.2. The number of ether oxygens (including phenoxy) is 1. The zero-order valence-corrected chi connectivity index (χ0v) is 21.0. The molecule has 0 radical (unpaired) electrons. The number of carbonyl (C=O) groups is 1. The van der Waals surface area contributed by atoms with E-state index in [4.69, 9.17) is 4.74 Å². The van der Waals surface area contributed by atoms with Crippen LogP contribution in [-0.2, 0) is 36.3 Å². The third kappa shape index (κ3) is 4.39. The maximum Gasteiger partial charge on any atom is 0.416 e. The molecule has 1 saturated heterocycles. The first-order valence-corrected chi connectivity index (χ1v) is 12.5. The quantitative estimate of drug-likeness (QED) is 0.392. The van der Waals surface area contributed by atoms with Crippen molar-refractivity contribution in [3.63, 3.8) is 0 Å². The number of hydrogen-bond acceptors (Lipinski definition) is 5. The van der Waals surface area contributed by atoms with E-state index < -0.39 is 23.8 Å². The van der Waals surface area contributed by atoms with E-state index in [1.54, 1.807) is 48.8 Å². The number of nitrogens with zero attached hydrogens (tertiary/aromatic N) is 4. The van der Waals surface area contributed by atoms with Gasteiger partial charge >= 0.3 is 6.18 Å². The third-order valence-electron chi connectivity index (χ3n) is 7.63. The van der Waals surface area contributed by atoms with E-state index in [-0.39, 0.29) is 28.7 Å². The van der Waals surface area contributed by atoms with Gasteiger partial charge in [-0.2, -0.15) is 13.2 Å². The number of aromatic nitrogens is 3. The fourth-order valence-corrected chi connectivity index (χ4v) is 5.37. The molecule has 2 aliphatic rings. The zero-order chi connectivity index (χ0) is 27.4. The first-order chi connectivity index (χ1) is 18.7. The third-order valence-corrected chi connectivity index (χ3v) is 7.63. The lowest BCUT2D eigenvalue weighted by Crippen LogP contribution is -2.49. The van der Waals surface area contributed by atoms with Crippen LogP contribution in [0.2, 0.25) is 0 Å². The molecule has 1 amide bonds. The molecule has 0 bridgehead atoms. The Morgan fingerprint density at radius 1 is 1.05 bits per heavy atom. The second-order valence-electron chi connectivity index (χ2n) is 10.2. The minimum atomic E-state index is -4.70. The average Bonchev–Trinajstić information content (AvgIpc) is 3.47. The van der Waals surface area contributed by atoms with Crippen LogP contribution in [0.4, 0.5) is 18.9 Å². The maximum absolute atomic E-state index is 14.2. The second kappa shape index (κ2) is 9.32. The Morgan fingerprint density at radius 2 is 1.82 bits per heavy atom. The fourth-order valence-electron chi connectivity index (χ4n) is 5.37. The van der Waals surface area contributed by atoms with E-state index >= 15 is 0 Å². The van der Waals surface area contributed by atoms with Gasteiger partial charge in [-0.05, 0) is 46.5 Å². The Bertz CT molecular complexity index is 1550. The molecular formula is C29H25F3N4O3. The summed E-state index contributed by atoms with van der Waals surface area (Å²) < 4.78 is 50.0. The molecule has 3 aromatic carbocycles. The summed E-state index contributed by atoms with van der Waals surface area (Å²) in [6.45, 7) is 0.688. The highest BCUT2D eigenvalue weighted by Gasteiger charge is 2.44. The van der Waals surface area contributed by atoms with E-state index in [1.165, 1.54) is 11.0 Å². The largest absolute Gasteiger partial charge is 0.416 e. The molecule has 1 fully saturated rings. The summed E-state index contributed by atoms with van der Waals surface area (Å²) in [6.07, 6.45) is -3.81. The van der Waals surface area contributed by atoms with Crippen LogP contribution in [0.3, 0.4) is 0 Å². The molecule has 0 aliphatic carbocycles. The summed E-state index contributed by atoms with van der Waals surface area (Å²) in [5, 5.41) is 19.0. The number of hydrogen-bond donors (Lipinski definition) is 1. The van der Waals surface area contributed by atoms with Crippen molar-refractivity contribution < 1.29 is 27.8 Å². The molecule has 6 rings (SSSR count). The molecule has 4 aromatic rings.